The fraction of sp³-hybridized carbons (Fsp3) is 0.895. The van der Waals surface area contributed by atoms with Crippen molar-refractivity contribution < 1.29 is 14.3 Å². The molecule has 8 heteroatoms. The summed E-state index contributed by atoms with van der Waals surface area (Å²) in [6.45, 7) is 15.0. The summed E-state index contributed by atoms with van der Waals surface area (Å²) < 4.78 is 10.8. The van der Waals surface area contributed by atoms with Gasteiger partial charge in [-0.05, 0) is 59.8 Å². The van der Waals surface area contributed by atoms with Gasteiger partial charge in [0.05, 0.1) is 6.61 Å². The number of nitrogens with one attached hydrogen (secondary N) is 2. The summed E-state index contributed by atoms with van der Waals surface area (Å²) in [4.78, 5) is 18.7. The van der Waals surface area contributed by atoms with Crippen LogP contribution in [0.2, 0.25) is 0 Å². The number of guanidine groups is 1. The number of amides is 1. The Balaban J connectivity index is 0.00000676. The highest BCUT2D eigenvalue weighted by Crippen LogP contribution is 2.21. The molecular formula is C19H39IN4O3. The average molecular weight is 498 g/mol. The quantitative estimate of drug-likeness (QED) is 0.233. The predicted molar refractivity (Wildman–Crippen MR) is 121 cm³/mol. The second-order valence-corrected chi connectivity index (χ2v) is 7.61. The van der Waals surface area contributed by atoms with E-state index in [4.69, 9.17) is 9.47 Å². The zero-order chi connectivity index (χ0) is 19.4. The molecule has 0 bridgehead atoms. The van der Waals surface area contributed by atoms with Gasteiger partial charge >= 0.3 is 6.09 Å². The maximum absolute atomic E-state index is 12.2. The molecule has 1 amide bonds. The fourth-order valence-corrected chi connectivity index (χ4v) is 2.88. The molecule has 1 saturated heterocycles. The van der Waals surface area contributed by atoms with Crippen LogP contribution in [0.15, 0.2) is 4.99 Å². The lowest BCUT2D eigenvalue weighted by Crippen LogP contribution is -2.43. The first-order valence-electron chi connectivity index (χ1n) is 9.93. The largest absolute Gasteiger partial charge is 0.444 e. The number of halogens is 1. The molecule has 0 aliphatic carbocycles. The average Bonchev–Trinajstić information content (AvgIpc) is 2.57. The minimum Gasteiger partial charge on any atom is -0.444 e. The molecule has 0 saturated carbocycles. The lowest BCUT2D eigenvalue weighted by molar-refractivity contribution is 0.0163. The molecule has 0 radical (unpaired) electrons. The number of carbonyl (C=O) groups excluding carboxylic acids is 1. The van der Waals surface area contributed by atoms with Gasteiger partial charge in [0.1, 0.15) is 5.60 Å². The Labute approximate surface area is 182 Å². The Kier molecular flexibility index (Phi) is 13.9. The smallest absolute Gasteiger partial charge is 0.410 e. The molecule has 7 nitrogen and oxygen atoms in total. The summed E-state index contributed by atoms with van der Waals surface area (Å²) in [5, 5.41) is 6.52. The zero-order valence-corrected chi connectivity index (χ0v) is 20.0. The molecular weight excluding hydrogens is 459 g/mol. The third-order valence-electron chi connectivity index (χ3n) is 4.07. The number of hydrogen-bond acceptors (Lipinski definition) is 4. The summed E-state index contributed by atoms with van der Waals surface area (Å²) in [7, 11) is 0. The molecule has 160 valence electrons. The first kappa shape index (κ1) is 26.2. The van der Waals surface area contributed by atoms with Gasteiger partial charge in [-0.2, -0.15) is 0 Å². The SMILES string of the molecule is CCNC(=NCCC1CCCN(C(=O)OC(C)(C)C)C1)NCCOCC.I. The summed E-state index contributed by atoms with van der Waals surface area (Å²) in [5.41, 5.74) is -0.442. The molecule has 0 aromatic rings. The number of piperidine rings is 1. The van der Waals surface area contributed by atoms with Crippen LogP contribution < -0.4 is 10.6 Å². The van der Waals surface area contributed by atoms with Crippen LogP contribution >= 0.6 is 24.0 Å². The number of ether oxygens (including phenoxy) is 2. The number of carbonyl (C=O) groups is 1. The van der Waals surface area contributed by atoms with Crippen LogP contribution in [0.1, 0.15) is 53.9 Å². The van der Waals surface area contributed by atoms with Crippen molar-refractivity contribution >= 4 is 36.0 Å². The topological polar surface area (TPSA) is 75.2 Å². The zero-order valence-electron chi connectivity index (χ0n) is 17.7. The van der Waals surface area contributed by atoms with E-state index >= 15 is 0 Å². The highest BCUT2D eigenvalue weighted by Gasteiger charge is 2.27. The molecule has 0 spiro atoms. The minimum atomic E-state index is -0.442. The van der Waals surface area contributed by atoms with Crippen molar-refractivity contribution in [2.45, 2.75) is 59.5 Å². The van der Waals surface area contributed by atoms with Crippen LogP contribution in [0, 0.1) is 5.92 Å². The highest BCUT2D eigenvalue weighted by atomic mass is 127. The van der Waals surface area contributed by atoms with E-state index in [1.165, 1.54) is 0 Å². The van der Waals surface area contributed by atoms with E-state index < -0.39 is 5.60 Å². The lowest BCUT2D eigenvalue weighted by Gasteiger charge is -2.34. The van der Waals surface area contributed by atoms with Gasteiger partial charge in [0.15, 0.2) is 5.96 Å². The number of hydrogen-bond donors (Lipinski definition) is 2. The van der Waals surface area contributed by atoms with Gasteiger partial charge in [-0.15, -0.1) is 24.0 Å². The van der Waals surface area contributed by atoms with Gasteiger partial charge in [0.25, 0.3) is 0 Å². The molecule has 1 heterocycles. The van der Waals surface area contributed by atoms with E-state index in [9.17, 15) is 4.79 Å². The molecule has 0 aromatic carbocycles. The Hall–Kier alpha value is -0.770. The third kappa shape index (κ3) is 12.3. The van der Waals surface area contributed by atoms with Gasteiger partial charge < -0.3 is 25.0 Å². The molecule has 1 atom stereocenters. The summed E-state index contributed by atoms with van der Waals surface area (Å²) in [6.07, 6.45) is 2.95. The second kappa shape index (κ2) is 14.3. The minimum absolute atomic E-state index is 0. The maximum atomic E-state index is 12.2. The standard InChI is InChI=1S/C19H38N4O3.HI/c1-6-20-17(22-12-14-25-7-2)21-11-10-16-9-8-13-23(15-16)18(24)26-19(3,4)5;/h16H,6-15H2,1-5H3,(H2,20,21,22);1H. The van der Waals surface area contributed by atoms with Crippen LogP contribution in [-0.2, 0) is 9.47 Å². The first-order valence-corrected chi connectivity index (χ1v) is 9.93. The Morgan fingerprint density at radius 3 is 2.63 bits per heavy atom. The van der Waals surface area contributed by atoms with Crippen molar-refractivity contribution in [1.29, 1.82) is 0 Å². The monoisotopic (exact) mass is 498 g/mol. The highest BCUT2D eigenvalue weighted by molar-refractivity contribution is 14.0. The lowest BCUT2D eigenvalue weighted by atomic mass is 9.95. The van der Waals surface area contributed by atoms with Gasteiger partial charge in [0.2, 0.25) is 0 Å². The number of nitrogens with zero attached hydrogens (tertiary/aromatic N) is 2. The van der Waals surface area contributed by atoms with Crippen LogP contribution in [0.5, 0.6) is 0 Å². The van der Waals surface area contributed by atoms with Crippen molar-refractivity contribution in [3.8, 4) is 0 Å². The van der Waals surface area contributed by atoms with Gasteiger partial charge in [0, 0.05) is 39.3 Å². The fourth-order valence-electron chi connectivity index (χ4n) is 2.88. The van der Waals surface area contributed by atoms with Crippen molar-refractivity contribution in [3.05, 3.63) is 0 Å². The second-order valence-electron chi connectivity index (χ2n) is 7.61. The Morgan fingerprint density at radius 2 is 2.00 bits per heavy atom. The van der Waals surface area contributed by atoms with Crippen LogP contribution in [0.4, 0.5) is 4.79 Å². The van der Waals surface area contributed by atoms with Crippen molar-refractivity contribution in [2.75, 3.05) is 45.9 Å². The van der Waals surface area contributed by atoms with Crippen LogP contribution in [0.3, 0.4) is 0 Å². The van der Waals surface area contributed by atoms with E-state index in [1.54, 1.807) is 0 Å². The maximum Gasteiger partial charge on any atom is 0.410 e. The number of rotatable bonds is 8. The number of aliphatic imine (C=N–C) groups is 1. The van der Waals surface area contributed by atoms with Crippen molar-refractivity contribution in [1.82, 2.24) is 15.5 Å². The normalized spacial score (nSPS) is 17.9. The van der Waals surface area contributed by atoms with E-state index in [1.807, 2.05) is 32.6 Å². The van der Waals surface area contributed by atoms with Crippen LogP contribution in [0.25, 0.3) is 0 Å². The van der Waals surface area contributed by atoms with Crippen LogP contribution in [-0.4, -0.2) is 68.5 Å². The van der Waals surface area contributed by atoms with Crippen molar-refractivity contribution in [3.63, 3.8) is 0 Å². The summed E-state index contributed by atoms with van der Waals surface area (Å²) in [5.74, 6) is 1.30. The summed E-state index contributed by atoms with van der Waals surface area (Å²) in [6, 6.07) is 0. The molecule has 1 fully saturated rings. The number of likely N-dealkylation sites (tertiary alicyclic amines) is 1. The molecule has 0 aromatic heterocycles. The molecule has 2 N–H and O–H groups in total. The van der Waals surface area contributed by atoms with E-state index in [-0.39, 0.29) is 30.1 Å². The van der Waals surface area contributed by atoms with E-state index in [0.717, 1.165) is 64.6 Å². The van der Waals surface area contributed by atoms with E-state index in [2.05, 4.69) is 22.5 Å². The van der Waals surface area contributed by atoms with Gasteiger partial charge in [-0.25, -0.2) is 4.79 Å². The van der Waals surface area contributed by atoms with E-state index in [0.29, 0.717) is 12.5 Å². The predicted octanol–water partition coefficient (Wildman–Crippen LogP) is 3.23. The third-order valence-corrected chi connectivity index (χ3v) is 4.07. The van der Waals surface area contributed by atoms with Crippen molar-refractivity contribution in [2.24, 2.45) is 10.9 Å². The first-order chi connectivity index (χ1) is 12.4. The molecule has 1 aliphatic heterocycles. The van der Waals surface area contributed by atoms with Gasteiger partial charge in [-0.1, -0.05) is 0 Å². The molecule has 27 heavy (non-hydrogen) atoms. The van der Waals surface area contributed by atoms with Gasteiger partial charge in [-0.3, -0.25) is 4.99 Å². The molecule has 1 rings (SSSR count). The molecule has 1 aliphatic rings. The molecule has 1 unspecified atom stereocenters. The Bertz CT molecular complexity index is 441. The Morgan fingerprint density at radius 1 is 1.26 bits per heavy atom. The summed E-state index contributed by atoms with van der Waals surface area (Å²) >= 11 is 0.